The number of halogens is 1. The molecule has 0 radical (unpaired) electrons. The van der Waals surface area contributed by atoms with Crippen LogP contribution < -0.4 is 5.32 Å². The van der Waals surface area contributed by atoms with Gasteiger partial charge in [-0.3, -0.25) is 9.59 Å². The molecule has 114 valence electrons. The lowest BCUT2D eigenvalue weighted by Gasteiger charge is -2.13. The predicted octanol–water partition coefficient (Wildman–Crippen LogP) is 3.45. The van der Waals surface area contributed by atoms with E-state index in [4.69, 9.17) is 16.3 Å². The number of benzene rings is 2. The maximum atomic E-state index is 11.9. The summed E-state index contributed by atoms with van der Waals surface area (Å²) in [6.45, 7) is 1.54. The van der Waals surface area contributed by atoms with Crippen molar-refractivity contribution in [3.8, 4) is 0 Å². The first-order chi connectivity index (χ1) is 10.5. The first-order valence-corrected chi connectivity index (χ1v) is 7.22. The summed E-state index contributed by atoms with van der Waals surface area (Å²) >= 11 is 5.78. The first kappa shape index (κ1) is 16.0. The van der Waals surface area contributed by atoms with Crippen LogP contribution in [0.4, 0.5) is 5.69 Å². The molecule has 22 heavy (non-hydrogen) atoms. The fraction of sp³-hybridized carbons (Fsp3) is 0.176. The zero-order valence-corrected chi connectivity index (χ0v) is 12.8. The minimum absolute atomic E-state index is 0.0973. The van der Waals surface area contributed by atoms with E-state index < -0.39 is 12.1 Å². The van der Waals surface area contributed by atoms with Gasteiger partial charge in [0, 0.05) is 10.7 Å². The molecule has 0 heterocycles. The number of carbonyl (C=O) groups excluding carboxylic acids is 2. The molecule has 0 saturated heterocycles. The molecule has 0 aliphatic heterocycles. The fourth-order valence-corrected chi connectivity index (χ4v) is 1.95. The molecule has 1 amide bonds. The average Bonchev–Trinajstić information content (AvgIpc) is 2.50. The largest absolute Gasteiger partial charge is 0.452 e. The molecule has 0 unspecified atom stereocenters. The third kappa shape index (κ3) is 4.90. The smallest absolute Gasteiger partial charge is 0.311 e. The number of anilines is 1. The van der Waals surface area contributed by atoms with E-state index in [9.17, 15) is 9.59 Å². The molecule has 0 aromatic heterocycles. The lowest BCUT2D eigenvalue weighted by atomic mass is 10.1. The number of ether oxygens (including phenoxy) is 1. The Bertz CT molecular complexity index is 641. The van der Waals surface area contributed by atoms with Gasteiger partial charge in [0.25, 0.3) is 5.91 Å². The normalized spacial score (nSPS) is 11.5. The Morgan fingerprint density at radius 3 is 2.36 bits per heavy atom. The number of hydrogen-bond acceptors (Lipinski definition) is 3. The van der Waals surface area contributed by atoms with Crippen LogP contribution in [0.2, 0.25) is 5.02 Å². The van der Waals surface area contributed by atoms with Gasteiger partial charge in [-0.05, 0) is 36.8 Å². The van der Waals surface area contributed by atoms with Gasteiger partial charge in [-0.15, -0.1) is 0 Å². The van der Waals surface area contributed by atoms with E-state index in [-0.39, 0.29) is 12.3 Å². The summed E-state index contributed by atoms with van der Waals surface area (Å²) in [6.07, 6.45) is -0.764. The molecule has 2 aromatic carbocycles. The number of amides is 1. The molecule has 2 rings (SSSR count). The molecule has 0 fully saturated rings. The summed E-state index contributed by atoms with van der Waals surface area (Å²) in [5, 5.41) is 3.29. The summed E-state index contributed by atoms with van der Waals surface area (Å²) < 4.78 is 5.13. The molecular formula is C17H16ClNO3. The Labute approximate surface area is 134 Å². The van der Waals surface area contributed by atoms with Crippen molar-refractivity contribution in [2.45, 2.75) is 19.4 Å². The molecule has 2 aromatic rings. The van der Waals surface area contributed by atoms with E-state index in [1.165, 1.54) is 6.92 Å². The number of para-hydroxylation sites is 1. The average molecular weight is 318 g/mol. The number of hydrogen-bond donors (Lipinski definition) is 1. The highest BCUT2D eigenvalue weighted by atomic mass is 35.5. The molecule has 4 nitrogen and oxygen atoms in total. The van der Waals surface area contributed by atoms with Crippen LogP contribution in [-0.2, 0) is 20.7 Å². The van der Waals surface area contributed by atoms with Crippen molar-refractivity contribution in [3.05, 3.63) is 65.2 Å². The fourth-order valence-electron chi connectivity index (χ4n) is 1.83. The van der Waals surface area contributed by atoms with Crippen LogP contribution in [-0.4, -0.2) is 18.0 Å². The minimum atomic E-state index is -0.861. The summed E-state index contributed by atoms with van der Waals surface area (Å²) in [7, 11) is 0. The lowest BCUT2D eigenvalue weighted by molar-refractivity contribution is -0.152. The van der Waals surface area contributed by atoms with E-state index in [1.54, 1.807) is 36.4 Å². The zero-order valence-electron chi connectivity index (χ0n) is 12.1. The topological polar surface area (TPSA) is 55.4 Å². The molecule has 0 saturated carbocycles. The van der Waals surface area contributed by atoms with Gasteiger partial charge >= 0.3 is 5.97 Å². The SMILES string of the molecule is C[C@H](OC(=O)Cc1ccc(Cl)cc1)C(=O)Nc1ccccc1. The van der Waals surface area contributed by atoms with Crippen molar-refractivity contribution in [2.24, 2.45) is 0 Å². The van der Waals surface area contributed by atoms with Gasteiger partial charge in [0.15, 0.2) is 6.10 Å². The molecule has 0 bridgehead atoms. The van der Waals surface area contributed by atoms with Gasteiger partial charge in [-0.25, -0.2) is 0 Å². The molecule has 0 spiro atoms. The Morgan fingerprint density at radius 1 is 1.09 bits per heavy atom. The second kappa shape index (κ2) is 7.61. The maximum absolute atomic E-state index is 11.9. The highest BCUT2D eigenvalue weighted by molar-refractivity contribution is 6.30. The number of rotatable bonds is 5. The molecule has 1 atom stereocenters. The van der Waals surface area contributed by atoms with Crippen LogP contribution in [0.3, 0.4) is 0 Å². The van der Waals surface area contributed by atoms with Crippen molar-refractivity contribution in [2.75, 3.05) is 5.32 Å². The van der Waals surface area contributed by atoms with E-state index in [2.05, 4.69) is 5.32 Å². The molecule has 1 N–H and O–H groups in total. The summed E-state index contributed by atoms with van der Waals surface area (Å²) in [6, 6.07) is 15.9. The maximum Gasteiger partial charge on any atom is 0.311 e. The van der Waals surface area contributed by atoms with Gasteiger partial charge in [0.2, 0.25) is 0 Å². The number of carbonyl (C=O) groups is 2. The second-order valence-electron chi connectivity index (χ2n) is 4.79. The summed E-state index contributed by atoms with van der Waals surface area (Å²) in [4.78, 5) is 23.8. The van der Waals surface area contributed by atoms with E-state index in [0.29, 0.717) is 10.7 Å². The number of nitrogens with one attached hydrogen (secondary N) is 1. The Balaban J connectivity index is 1.85. The molecule has 0 aliphatic rings. The first-order valence-electron chi connectivity index (χ1n) is 6.84. The van der Waals surface area contributed by atoms with Crippen molar-refractivity contribution in [3.63, 3.8) is 0 Å². The van der Waals surface area contributed by atoms with Crippen molar-refractivity contribution in [1.29, 1.82) is 0 Å². The van der Waals surface area contributed by atoms with Crippen LogP contribution in [0.1, 0.15) is 12.5 Å². The zero-order chi connectivity index (χ0) is 15.9. The van der Waals surface area contributed by atoms with Gasteiger partial charge in [0.05, 0.1) is 6.42 Å². The van der Waals surface area contributed by atoms with Gasteiger partial charge in [0.1, 0.15) is 0 Å². The van der Waals surface area contributed by atoms with Crippen LogP contribution in [0.25, 0.3) is 0 Å². The highest BCUT2D eigenvalue weighted by Gasteiger charge is 2.18. The number of esters is 1. The Hall–Kier alpha value is -2.33. The monoisotopic (exact) mass is 317 g/mol. The van der Waals surface area contributed by atoms with E-state index >= 15 is 0 Å². The Morgan fingerprint density at radius 2 is 1.73 bits per heavy atom. The summed E-state index contributed by atoms with van der Waals surface area (Å²) in [5.74, 6) is -0.825. The van der Waals surface area contributed by atoms with Crippen LogP contribution >= 0.6 is 11.6 Å². The van der Waals surface area contributed by atoms with Crippen LogP contribution in [0, 0.1) is 0 Å². The quantitative estimate of drug-likeness (QED) is 0.859. The van der Waals surface area contributed by atoms with Crippen molar-refractivity contribution in [1.82, 2.24) is 0 Å². The van der Waals surface area contributed by atoms with Gasteiger partial charge in [-0.1, -0.05) is 41.9 Å². The van der Waals surface area contributed by atoms with E-state index in [0.717, 1.165) is 5.56 Å². The minimum Gasteiger partial charge on any atom is -0.452 e. The Kier molecular flexibility index (Phi) is 5.55. The molecule has 5 heteroatoms. The van der Waals surface area contributed by atoms with Gasteiger partial charge in [-0.2, -0.15) is 0 Å². The molecular weight excluding hydrogens is 302 g/mol. The third-order valence-electron chi connectivity index (χ3n) is 2.98. The van der Waals surface area contributed by atoms with Crippen LogP contribution in [0.15, 0.2) is 54.6 Å². The second-order valence-corrected chi connectivity index (χ2v) is 5.23. The van der Waals surface area contributed by atoms with Crippen molar-refractivity contribution < 1.29 is 14.3 Å². The van der Waals surface area contributed by atoms with E-state index in [1.807, 2.05) is 18.2 Å². The standard InChI is InChI=1S/C17H16ClNO3/c1-12(17(21)19-15-5-3-2-4-6-15)22-16(20)11-13-7-9-14(18)10-8-13/h2-10,12H,11H2,1H3,(H,19,21)/t12-/m0/s1. The summed E-state index contributed by atoms with van der Waals surface area (Å²) in [5.41, 5.74) is 1.44. The van der Waals surface area contributed by atoms with Crippen LogP contribution in [0.5, 0.6) is 0 Å². The third-order valence-corrected chi connectivity index (χ3v) is 3.23. The van der Waals surface area contributed by atoms with Gasteiger partial charge < -0.3 is 10.1 Å². The molecule has 0 aliphatic carbocycles. The highest BCUT2D eigenvalue weighted by Crippen LogP contribution is 2.11. The van der Waals surface area contributed by atoms with Crippen molar-refractivity contribution >= 4 is 29.2 Å². The lowest BCUT2D eigenvalue weighted by Crippen LogP contribution is -2.30. The predicted molar refractivity (Wildman–Crippen MR) is 85.8 cm³/mol.